The normalized spacial score (nSPS) is 25.2. The second-order valence-corrected chi connectivity index (χ2v) is 5.96. The second-order valence-electron chi connectivity index (χ2n) is 5.06. The van der Waals surface area contributed by atoms with Gasteiger partial charge in [-0.2, -0.15) is 0 Å². The zero-order valence-electron chi connectivity index (χ0n) is 10.0. The van der Waals surface area contributed by atoms with Crippen LogP contribution >= 0.6 is 11.3 Å². The molecule has 4 heteroatoms. The molecule has 0 saturated heterocycles. The van der Waals surface area contributed by atoms with Crippen molar-refractivity contribution in [1.29, 1.82) is 0 Å². The van der Waals surface area contributed by atoms with Crippen molar-refractivity contribution in [3.8, 4) is 0 Å². The molecular formula is C13H17N3S. The summed E-state index contributed by atoms with van der Waals surface area (Å²) in [6.07, 6.45) is 4.99. The van der Waals surface area contributed by atoms with E-state index >= 15 is 0 Å². The van der Waals surface area contributed by atoms with Gasteiger partial charge in [-0.25, -0.2) is 9.97 Å². The summed E-state index contributed by atoms with van der Waals surface area (Å²) in [5, 5.41) is 3.03. The SMILES string of the molecule is CC1CCC(c2nc(N)c3ccsc3n2)CC1. The highest BCUT2D eigenvalue weighted by Crippen LogP contribution is 2.35. The average Bonchev–Trinajstić information content (AvgIpc) is 2.78. The standard InChI is InChI=1S/C13H17N3S/c1-8-2-4-9(5-3-8)12-15-11(14)10-6-7-17-13(10)16-12/h6-9H,2-5H2,1H3,(H2,14,15,16). The van der Waals surface area contributed by atoms with Crippen LogP contribution in [0.5, 0.6) is 0 Å². The molecular weight excluding hydrogens is 230 g/mol. The first kappa shape index (κ1) is 11.0. The third-order valence-electron chi connectivity index (χ3n) is 3.75. The summed E-state index contributed by atoms with van der Waals surface area (Å²) in [5.74, 6) is 2.98. The molecule has 1 fully saturated rings. The van der Waals surface area contributed by atoms with Gasteiger partial charge in [-0.1, -0.05) is 19.8 Å². The lowest BCUT2D eigenvalue weighted by atomic mass is 9.82. The highest BCUT2D eigenvalue weighted by molar-refractivity contribution is 7.16. The van der Waals surface area contributed by atoms with E-state index in [2.05, 4.69) is 16.9 Å². The molecule has 2 aromatic rings. The highest BCUT2D eigenvalue weighted by atomic mass is 32.1. The minimum atomic E-state index is 0.514. The summed E-state index contributed by atoms with van der Waals surface area (Å²) in [6, 6.07) is 2.00. The number of fused-ring (bicyclic) bond motifs is 1. The Morgan fingerprint density at radius 2 is 2.00 bits per heavy atom. The van der Waals surface area contributed by atoms with E-state index in [-0.39, 0.29) is 0 Å². The minimum Gasteiger partial charge on any atom is -0.383 e. The Bertz CT molecular complexity index is 526. The molecule has 2 aromatic heterocycles. The molecule has 3 rings (SSSR count). The first-order chi connectivity index (χ1) is 8.24. The molecule has 1 aliphatic carbocycles. The molecule has 2 N–H and O–H groups in total. The van der Waals surface area contributed by atoms with Gasteiger partial charge in [0.2, 0.25) is 0 Å². The number of nitrogens with two attached hydrogens (primary N) is 1. The molecule has 3 nitrogen and oxygen atoms in total. The van der Waals surface area contributed by atoms with E-state index in [1.54, 1.807) is 11.3 Å². The first-order valence-corrected chi connectivity index (χ1v) is 7.12. The zero-order chi connectivity index (χ0) is 11.8. The van der Waals surface area contributed by atoms with Gasteiger partial charge in [0.1, 0.15) is 16.5 Å². The van der Waals surface area contributed by atoms with Gasteiger partial charge in [0.15, 0.2) is 0 Å². The topological polar surface area (TPSA) is 51.8 Å². The summed E-state index contributed by atoms with van der Waals surface area (Å²) in [5.41, 5.74) is 5.99. The number of rotatable bonds is 1. The van der Waals surface area contributed by atoms with E-state index in [0.29, 0.717) is 11.7 Å². The van der Waals surface area contributed by atoms with E-state index in [1.807, 2.05) is 11.4 Å². The van der Waals surface area contributed by atoms with Crippen molar-refractivity contribution in [2.75, 3.05) is 5.73 Å². The molecule has 0 aromatic carbocycles. The number of aromatic nitrogens is 2. The Labute approximate surface area is 105 Å². The van der Waals surface area contributed by atoms with Crippen molar-refractivity contribution < 1.29 is 0 Å². The second kappa shape index (κ2) is 4.26. The van der Waals surface area contributed by atoms with Crippen LogP contribution in [-0.2, 0) is 0 Å². The summed E-state index contributed by atoms with van der Waals surface area (Å²) in [6.45, 7) is 2.33. The van der Waals surface area contributed by atoms with Gasteiger partial charge < -0.3 is 5.73 Å². The number of hydrogen-bond acceptors (Lipinski definition) is 4. The Morgan fingerprint density at radius 3 is 2.76 bits per heavy atom. The molecule has 17 heavy (non-hydrogen) atoms. The van der Waals surface area contributed by atoms with Gasteiger partial charge in [0, 0.05) is 5.92 Å². The fraction of sp³-hybridized carbons (Fsp3) is 0.538. The van der Waals surface area contributed by atoms with Crippen LogP contribution in [0.25, 0.3) is 10.2 Å². The predicted octanol–water partition coefficient (Wildman–Crippen LogP) is 3.57. The van der Waals surface area contributed by atoms with Crippen LogP contribution in [0.15, 0.2) is 11.4 Å². The summed E-state index contributed by atoms with van der Waals surface area (Å²) in [4.78, 5) is 10.2. The van der Waals surface area contributed by atoms with Crippen LogP contribution in [0.1, 0.15) is 44.3 Å². The maximum absolute atomic E-state index is 5.99. The Kier molecular flexibility index (Phi) is 2.74. The lowest BCUT2D eigenvalue weighted by molar-refractivity contribution is 0.340. The fourth-order valence-corrected chi connectivity index (χ4v) is 3.38. The Morgan fingerprint density at radius 1 is 1.24 bits per heavy atom. The molecule has 90 valence electrons. The zero-order valence-corrected chi connectivity index (χ0v) is 10.8. The first-order valence-electron chi connectivity index (χ1n) is 6.24. The number of thiophene rings is 1. The molecule has 0 spiro atoms. The van der Waals surface area contributed by atoms with Gasteiger partial charge in [0.05, 0.1) is 5.39 Å². The Hall–Kier alpha value is -1.16. The highest BCUT2D eigenvalue weighted by Gasteiger charge is 2.22. The number of hydrogen-bond donors (Lipinski definition) is 1. The quantitative estimate of drug-likeness (QED) is 0.838. The van der Waals surface area contributed by atoms with Crippen molar-refractivity contribution in [2.24, 2.45) is 5.92 Å². The molecule has 0 bridgehead atoms. The van der Waals surface area contributed by atoms with Crippen molar-refractivity contribution >= 4 is 27.4 Å². The molecule has 1 saturated carbocycles. The van der Waals surface area contributed by atoms with Crippen LogP contribution in [-0.4, -0.2) is 9.97 Å². The largest absolute Gasteiger partial charge is 0.383 e. The van der Waals surface area contributed by atoms with Crippen LogP contribution in [0.2, 0.25) is 0 Å². The van der Waals surface area contributed by atoms with E-state index < -0.39 is 0 Å². The average molecular weight is 247 g/mol. The van der Waals surface area contributed by atoms with Crippen molar-refractivity contribution in [1.82, 2.24) is 9.97 Å². The monoisotopic (exact) mass is 247 g/mol. The molecule has 0 aliphatic heterocycles. The molecule has 1 aliphatic rings. The predicted molar refractivity (Wildman–Crippen MR) is 72.2 cm³/mol. The van der Waals surface area contributed by atoms with E-state index in [9.17, 15) is 0 Å². The van der Waals surface area contributed by atoms with Gasteiger partial charge in [-0.3, -0.25) is 0 Å². The van der Waals surface area contributed by atoms with Crippen molar-refractivity contribution in [3.05, 3.63) is 17.3 Å². The summed E-state index contributed by atoms with van der Waals surface area (Å²) < 4.78 is 0. The minimum absolute atomic E-state index is 0.514. The number of nitrogens with zero attached hydrogens (tertiary/aromatic N) is 2. The lowest BCUT2D eigenvalue weighted by Crippen LogP contribution is -2.14. The number of anilines is 1. The Balaban J connectivity index is 1.94. The van der Waals surface area contributed by atoms with Gasteiger partial charge >= 0.3 is 0 Å². The van der Waals surface area contributed by atoms with E-state index in [4.69, 9.17) is 5.73 Å². The van der Waals surface area contributed by atoms with Crippen LogP contribution in [0.3, 0.4) is 0 Å². The van der Waals surface area contributed by atoms with Crippen molar-refractivity contribution in [2.45, 2.75) is 38.5 Å². The lowest BCUT2D eigenvalue weighted by Gasteiger charge is -2.25. The molecule has 0 radical (unpaired) electrons. The summed E-state index contributed by atoms with van der Waals surface area (Å²) >= 11 is 1.65. The molecule has 0 unspecified atom stereocenters. The fourth-order valence-electron chi connectivity index (χ4n) is 2.60. The smallest absolute Gasteiger partial charge is 0.135 e. The van der Waals surface area contributed by atoms with Gasteiger partial charge in [-0.05, 0) is 30.2 Å². The van der Waals surface area contributed by atoms with Gasteiger partial charge in [-0.15, -0.1) is 11.3 Å². The molecule has 2 heterocycles. The third kappa shape index (κ3) is 2.02. The third-order valence-corrected chi connectivity index (χ3v) is 4.56. The van der Waals surface area contributed by atoms with Crippen molar-refractivity contribution in [3.63, 3.8) is 0 Å². The maximum Gasteiger partial charge on any atom is 0.135 e. The molecule has 0 atom stereocenters. The molecule has 0 amide bonds. The van der Waals surface area contributed by atoms with Crippen LogP contribution in [0.4, 0.5) is 5.82 Å². The van der Waals surface area contributed by atoms with Crippen LogP contribution in [0, 0.1) is 5.92 Å². The van der Waals surface area contributed by atoms with E-state index in [1.165, 1.54) is 25.7 Å². The van der Waals surface area contributed by atoms with Crippen LogP contribution < -0.4 is 5.73 Å². The maximum atomic E-state index is 5.99. The number of nitrogen functional groups attached to an aromatic ring is 1. The summed E-state index contributed by atoms with van der Waals surface area (Å²) in [7, 11) is 0. The van der Waals surface area contributed by atoms with Gasteiger partial charge in [0.25, 0.3) is 0 Å². The van der Waals surface area contributed by atoms with E-state index in [0.717, 1.165) is 22.0 Å².